The molecule has 0 fully saturated rings. The Morgan fingerprint density at radius 3 is 1.45 bits per heavy atom. The lowest BCUT2D eigenvalue weighted by Crippen LogP contribution is -2.05. The van der Waals surface area contributed by atoms with Gasteiger partial charge < -0.3 is 0 Å². The lowest BCUT2D eigenvalue weighted by Gasteiger charge is -2.15. The van der Waals surface area contributed by atoms with Crippen LogP contribution >= 0.6 is 46.2 Å². The van der Waals surface area contributed by atoms with Crippen LogP contribution in [0.4, 0.5) is 0 Å². The van der Waals surface area contributed by atoms with Crippen molar-refractivity contribution >= 4 is 52.0 Å². The first-order valence-corrected chi connectivity index (χ1v) is 10.4. The van der Waals surface area contributed by atoms with E-state index in [4.69, 9.17) is 0 Å². The molecule has 0 aromatic carbocycles. The van der Waals surface area contributed by atoms with Crippen LogP contribution < -0.4 is 0 Å². The minimum Gasteiger partial charge on any atom is -0.287 e. The second-order valence-corrected chi connectivity index (χ2v) is 13.4. The van der Waals surface area contributed by atoms with Crippen LogP contribution in [0, 0.1) is 0 Å². The van der Waals surface area contributed by atoms with Gasteiger partial charge in [0, 0.05) is 9.49 Å². The number of rotatable bonds is 4. The smallest absolute Gasteiger partial charge is 0.212 e. The summed E-state index contributed by atoms with van der Waals surface area (Å²) < 4.78 is 2.75. The summed E-state index contributed by atoms with van der Waals surface area (Å²) in [6.45, 7) is 13.1. The number of hydrogen-bond donors (Lipinski definition) is 0. The molecule has 2 aromatic rings. The monoisotopic (exact) mass is 370 g/mol. The van der Waals surface area contributed by atoms with E-state index in [-0.39, 0.29) is 15.3 Å². The normalized spacial score (nSPS) is 12.6. The predicted molar refractivity (Wildman–Crippen MR) is 103 cm³/mol. The van der Waals surface area contributed by atoms with E-state index in [1.807, 2.05) is 35.7 Å². The quantitative estimate of drug-likeness (QED) is 0.434. The third kappa shape index (κ3) is 5.44. The Morgan fingerprint density at radius 2 is 1.14 bits per heavy atom. The van der Waals surface area contributed by atoms with Crippen molar-refractivity contribution in [3.05, 3.63) is 34.0 Å². The lowest BCUT2D eigenvalue weighted by molar-refractivity contribution is 0.104. The molecule has 0 N–H and O–H groups in total. The highest BCUT2D eigenvalue weighted by Gasteiger charge is 2.19. The van der Waals surface area contributed by atoms with Gasteiger partial charge in [-0.3, -0.25) is 4.79 Å². The zero-order valence-electron chi connectivity index (χ0n) is 13.9. The molecule has 0 bridgehead atoms. The maximum Gasteiger partial charge on any atom is 0.212 e. The van der Waals surface area contributed by atoms with Crippen LogP contribution in [0.15, 0.2) is 32.7 Å². The molecule has 0 aliphatic heterocycles. The van der Waals surface area contributed by atoms with Crippen molar-refractivity contribution in [2.45, 2.75) is 59.5 Å². The molecule has 0 aliphatic rings. The molecule has 0 spiro atoms. The fourth-order valence-corrected chi connectivity index (χ4v) is 7.02. The van der Waals surface area contributed by atoms with E-state index in [1.54, 1.807) is 22.7 Å². The largest absolute Gasteiger partial charge is 0.287 e. The van der Waals surface area contributed by atoms with Gasteiger partial charge in [-0.2, -0.15) is 0 Å². The van der Waals surface area contributed by atoms with Crippen LogP contribution in [0.3, 0.4) is 0 Å². The maximum absolute atomic E-state index is 12.6. The van der Waals surface area contributed by atoms with Crippen molar-refractivity contribution in [2.75, 3.05) is 0 Å². The zero-order chi connectivity index (χ0) is 16.5. The number of ketones is 1. The van der Waals surface area contributed by atoms with E-state index < -0.39 is 0 Å². The molecule has 5 heteroatoms. The van der Waals surface area contributed by atoms with Gasteiger partial charge in [0.25, 0.3) is 0 Å². The van der Waals surface area contributed by atoms with Gasteiger partial charge in [0.15, 0.2) is 0 Å². The summed E-state index contributed by atoms with van der Waals surface area (Å²) in [4.78, 5) is 14.3. The molecule has 0 radical (unpaired) electrons. The molecule has 0 saturated carbocycles. The van der Waals surface area contributed by atoms with E-state index >= 15 is 0 Å². The Balaban J connectivity index is 2.12. The number of thiophene rings is 2. The Hall–Kier alpha value is -0.230. The van der Waals surface area contributed by atoms with Gasteiger partial charge >= 0.3 is 0 Å². The van der Waals surface area contributed by atoms with Crippen molar-refractivity contribution < 1.29 is 4.79 Å². The van der Waals surface area contributed by atoms with E-state index in [2.05, 4.69) is 53.7 Å². The number of carbonyl (C=O) groups is 1. The first-order valence-electron chi connectivity index (χ1n) is 7.16. The van der Waals surface area contributed by atoms with Crippen LogP contribution in [0.25, 0.3) is 0 Å². The summed E-state index contributed by atoms with van der Waals surface area (Å²) in [5.41, 5.74) is 0. The molecule has 0 aliphatic carbocycles. The average molecular weight is 371 g/mol. The molecule has 22 heavy (non-hydrogen) atoms. The van der Waals surface area contributed by atoms with Crippen LogP contribution in [-0.4, -0.2) is 15.3 Å². The predicted octanol–water partition coefficient (Wildman–Crippen LogP) is 6.82. The van der Waals surface area contributed by atoms with E-state index in [0.717, 1.165) is 9.75 Å². The van der Waals surface area contributed by atoms with Gasteiger partial charge in [-0.15, -0.1) is 46.2 Å². The first-order chi connectivity index (χ1) is 10.0. The summed E-state index contributed by atoms with van der Waals surface area (Å²) in [5.74, 6) is 0.150. The van der Waals surface area contributed by atoms with E-state index in [1.165, 1.54) is 8.42 Å². The molecule has 0 unspecified atom stereocenters. The number of carbonyl (C=O) groups excluding carboxylic acids is 1. The lowest BCUT2D eigenvalue weighted by atomic mass is 10.3. The molecule has 0 amide bonds. The highest BCUT2D eigenvalue weighted by atomic mass is 32.2. The molecule has 120 valence electrons. The van der Waals surface area contributed by atoms with Crippen LogP contribution in [0.1, 0.15) is 56.1 Å². The minimum atomic E-state index is 0.150. The summed E-state index contributed by atoms with van der Waals surface area (Å²) in [6.07, 6.45) is 0. The standard InChI is InChI=1S/C17H22OS4/c1-16(2,3)21-13-9-7-11(19-13)15(18)12-8-10-14(20-12)22-17(4,5)6/h7-10H,1-6H3. The second kappa shape index (κ2) is 6.71. The average Bonchev–Trinajstić information content (AvgIpc) is 2.93. The number of hydrogen-bond acceptors (Lipinski definition) is 5. The maximum atomic E-state index is 12.6. The molecule has 1 nitrogen and oxygen atoms in total. The molecule has 2 heterocycles. The highest BCUT2D eigenvalue weighted by molar-refractivity contribution is 8.02. The molecule has 0 saturated heterocycles. The van der Waals surface area contributed by atoms with Crippen molar-refractivity contribution in [2.24, 2.45) is 0 Å². The Kier molecular flexibility index (Phi) is 5.53. The van der Waals surface area contributed by atoms with Crippen molar-refractivity contribution in [1.29, 1.82) is 0 Å². The molecular formula is C17H22OS4. The van der Waals surface area contributed by atoms with E-state index in [9.17, 15) is 4.79 Å². The van der Waals surface area contributed by atoms with Gasteiger partial charge in [0.2, 0.25) is 5.78 Å². The van der Waals surface area contributed by atoms with Crippen molar-refractivity contribution in [3.63, 3.8) is 0 Å². The van der Waals surface area contributed by atoms with Crippen molar-refractivity contribution in [3.8, 4) is 0 Å². The summed E-state index contributed by atoms with van der Waals surface area (Å²) in [6, 6.07) is 8.03. The van der Waals surface area contributed by atoms with Crippen LogP contribution in [0.5, 0.6) is 0 Å². The minimum absolute atomic E-state index is 0.150. The van der Waals surface area contributed by atoms with Gasteiger partial charge in [0.1, 0.15) is 0 Å². The molecule has 0 atom stereocenters. The Labute approximate surface area is 149 Å². The SMILES string of the molecule is CC(C)(C)Sc1ccc(C(=O)c2ccc(SC(C)(C)C)s2)s1. The summed E-state index contributed by atoms with van der Waals surface area (Å²) in [5, 5.41) is 0. The van der Waals surface area contributed by atoms with Gasteiger partial charge in [-0.05, 0) is 24.3 Å². The second-order valence-electron chi connectivity index (χ2n) is 7.00. The highest BCUT2D eigenvalue weighted by Crippen LogP contribution is 2.39. The molecule has 2 rings (SSSR count). The Morgan fingerprint density at radius 1 is 0.773 bits per heavy atom. The summed E-state index contributed by atoms with van der Waals surface area (Å²) in [7, 11) is 0. The molecule has 2 aromatic heterocycles. The molecular weight excluding hydrogens is 348 g/mol. The Bertz CT molecular complexity index is 596. The van der Waals surface area contributed by atoms with Gasteiger partial charge in [-0.25, -0.2) is 0 Å². The summed E-state index contributed by atoms with van der Waals surface area (Å²) >= 11 is 6.82. The third-order valence-corrected chi connectivity index (χ3v) is 7.08. The van der Waals surface area contributed by atoms with Crippen molar-refractivity contribution in [1.82, 2.24) is 0 Å². The third-order valence-electron chi connectivity index (χ3n) is 2.42. The first kappa shape index (κ1) is 18.1. The van der Waals surface area contributed by atoms with Crippen LogP contribution in [-0.2, 0) is 0 Å². The topological polar surface area (TPSA) is 17.1 Å². The fraction of sp³-hybridized carbons (Fsp3) is 0.471. The van der Waals surface area contributed by atoms with Gasteiger partial charge in [0.05, 0.1) is 18.2 Å². The fourth-order valence-electron chi connectivity index (χ4n) is 1.72. The van der Waals surface area contributed by atoms with Gasteiger partial charge in [-0.1, -0.05) is 41.5 Å². The zero-order valence-corrected chi connectivity index (χ0v) is 17.1. The number of thioether (sulfide) groups is 2. The van der Waals surface area contributed by atoms with E-state index in [0.29, 0.717) is 0 Å². The van der Waals surface area contributed by atoms with Crippen LogP contribution in [0.2, 0.25) is 0 Å².